The number of ether oxygens (including phenoxy) is 1. The topological polar surface area (TPSA) is 83.0 Å². The Balaban J connectivity index is 1.38. The highest BCUT2D eigenvalue weighted by molar-refractivity contribution is 7.89. The van der Waals surface area contributed by atoms with Gasteiger partial charge in [0, 0.05) is 44.8 Å². The molecule has 0 atom stereocenters. The van der Waals surface area contributed by atoms with Gasteiger partial charge in [-0.25, -0.2) is 13.4 Å². The molecule has 1 amide bonds. The van der Waals surface area contributed by atoms with Crippen LogP contribution in [0.2, 0.25) is 0 Å². The number of rotatable bonds is 8. The standard InChI is InChI=1S/C29H38N4O4S2/c1-22-20-23(2)27-26(21-22)38-29(30-27)33(15-7-12-31-16-18-37-19-17-31)28(34)24-8-10-25(11-9-24)39(35,36)32-13-5-3-4-6-14-32/h8-11,20-21H,3-7,12-19H2,1-2H3. The number of morpholine rings is 1. The van der Waals surface area contributed by atoms with Crippen LogP contribution in [0.1, 0.15) is 53.6 Å². The molecule has 2 aromatic carbocycles. The summed E-state index contributed by atoms with van der Waals surface area (Å²) in [6.45, 7) is 9.92. The third-order valence-electron chi connectivity index (χ3n) is 7.56. The molecule has 0 spiro atoms. The normalized spacial score (nSPS) is 17.8. The summed E-state index contributed by atoms with van der Waals surface area (Å²) < 4.78 is 34.6. The first-order valence-corrected chi connectivity index (χ1v) is 16.2. The minimum atomic E-state index is -3.57. The molecule has 8 nitrogen and oxygen atoms in total. The molecule has 2 fully saturated rings. The molecule has 0 bridgehead atoms. The van der Waals surface area contributed by atoms with Crippen LogP contribution in [-0.4, -0.2) is 81.0 Å². The summed E-state index contributed by atoms with van der Waals surface area (Å²) >= 11 is 1.53. The Labute approximate surface area is 235 Å². The third-order valence-corrected chi connectivity index (χ3v) is 10.5. The van der Waals surface area contributed by atoms with Crippen molar-refractivity contribution >= 4 is 42.6 Å². The molecule has 39 heavy (non-hydrogen) atoms. The number of carbonyl (C=O) groups is 1. The van der Waals surface area contributed by atoms with Crippen molar-refractivity contribution in [3.05, 3.63) is 53.1 Å². The summed E-state index contributed by atoms with van der Waals surface area (Å²) in [5.41, 5.74) is 3.65. The molecular formula is C29H38N4O4S2. The van der Waals surface area contributed by atoms with Gasteiger partial charge in [-0.05, 0) is 74.6 Å². The molecule has 0 unspecified atom stereocenters. The van der Waals surface area contributed by atoms with Crippen molar-refractivity contribution in [2.24, 2.45) is 0 Å². The largest absolute Gasteiger partial charge is 0.379 e. The molecule has 2 aliphatic rings. The first-order valence-electron chi connectivity index (χ1n) is 13.9. The number of amides is 1. The fraction of sp³-hybridized carbons (Fsp3) is 0.517. The minimum Gasteiger partial charge on any atom is -0.379 e. The van der Waals surface area contributed by atoms with E-state index >= 15 is 0 Å². The number of benzene rings is 2. The zero-order valence-corrected chi connectivity index (χ0v) is 24.5. The van der Waals surface area contributed by atoms with Crippen LogP contribution in [0, 0.1) is 13.8 Å². The summed E-state index contributed by atoms with van der Waals surface area (Å²) in [5, 5.41) is 0.673. The van der Waals surface area contributed by atoms with E-state index in [9.17, 15) is 13.2 Å². The van der Waals surface area contributed by atoms with E-state index in [1.165, 1.54) is 16.9 Å². The Morgan fingerprint density at radius 1 is 1.00 bits per heavy atom. The first kappa shape index (κ1) is 28.2. The van der Waals surface area contributed by atoms with Crippen LogP contribution in [0.25, 0.3) is 10.2 Å². The molecular weight excluding hydrogens is 532 g/mol. The molecule has 3 aromatic rings. The van der Waals surface area contributed by atoms with Gasteiger partial charge in [-0.15, -0.1) is 0 Å². The fourth-order valence-electron chi connectivity index (χ4n) is 5.39. The van der Waals surface area contributed by atoms with Crippen LogP contribution in [0.4, 0.5) is 5.13 Å². The Morgan fingerprint density at radius 2 is 1.69 bits per heavy atom. The number of thiazole rings is 1. The number of anilines is 1. The monoisotopic (exact) mass is 570 g/mol. The summed E-state index contributed by atoms with van der Waals surface area (Å²) in [6.07, 6.45) is 4.70. The summed E-state index contributed by atoms with van der Waals surface area (Å²) in [6, 6.07) is 10.7. The smallest absolute Gasteiger partial charge is 0.260 e. The molecule has 1 aromatic heterocycles. The number of sulfonamides is 1. The lowest BCUT2D eigenvalue weighted by molar-refractivity contribution is 0.0376. The fourth-order valence-corrected chi connectivity index (χ4v) is 8.08. The van der Waals surface area contributed by atoms with Gasteiger partial charge in [0.25, 0.3) is 5.91 Å². The first-order chi connectivity index (χ1) is 18.8. The van der Waals surface area contributed by atoms with Gasteiger partial charge in [0.15, 0.2) is 5.13 Å². The highest BCUT2D eigenvalue weighted by atomic mass is 32.2. The van der Waals surface area contributed by atoms with E-state index in [0.29, 0.717) is 30.3 Å². The van der Waals surface area contributed by atoms with Crippen molar-refractivity contribution in [1.82, 2.24) is 14.2 Å². The average molecular weight is 571 g/mol. The van der Waals surface area contributed by atoms with Crippen molar-refractivity contribution in [3.63, 3.8) is 0 Å². The second-order valence-corrected chi connectivity index (χ2v) is 13.5. The van der Waals surface area contributed by atoms with E-state index in [-0.39, 0.29) is 10.8 Å². The zero-order chi connectivity index (χ0) is 27.4. The summed E-state index contributed by atoms with van der Waals surface area (Å²) in [4.78, 5) is 23.1. The van der Waals surface area contributed by atoms with Crippen molar-refractivity contribution in [2.75, 3.05) is 57.4 Å². The van der Waals surface area contributed by atoms with Crippen LogP contribution >= 0.6 is 11.3 Å². The van der Waals surface area contributed by atoms with E-state index in [0.717, 1.165) is 80.7 Å². The predicted octanol–water partition coefficient (Wildman–Crippen LogP) is 4.85. The van der Waals surface area contributed by atoms with Crippen LogP contribution in [0.5, 0.6) is 0 Å². The Morgan fingerprint density at radius 3 is 2.38 bits per heavy atom. The molecule has 2 saturated heterocycles. The van der Waals surface area contributed by atoms with E-state index < -0.39 is 10.0 Å². The van der Waals surface area contributed by atoms with Crippen molar-refractivity contribution in [1.29, 1.82) is 0 Å². The van der Waals surface area contributed by atoms with Gasteiger partial charge in [-0.3, -0.25) is 14.6 Å². The predicted molar refractivity (Wildman–Crippen MR) is 156 cm³/mol. The van der Waals surface area contributed by atoms with E-state index in [2.05, 4.69) is 24.0 Å². The van der Waals surface area contributed by atoms with Gasteiger partial charge >= 0.3 is 0 Å². The van der Waals surface area contributed by atoms with Gasteiger partial charge in [0.2, 0.25) is 10.0 Å². The molecule has 0 aliphatic carbocycles. The second-order valence-electron chi connectivity index (χ2n) is 10.5. The number of aromatic nitrogens is 1. The van der Waals surface area contributed by atoms with Crippen molar-refractivity contribution < 1.29 is 17.9 Å². The summed E-state index contributed by atoms with van der Waals surface area (Å²) in [5.74, 6) is -0.163. The van der Waals surface area contributed by atoms with Crippen LogP contribution in [0.15, 0.2) is 41.3 Å². The van der Waals surface area contributed by atoms with Crippen molar-refractivity contribution in [3.8, 4) is 0 Å². The maximum absolute atomic E-state index is 13.9. The molecule has 3 heterocycles. The quantitative estimate of drug-likeness (QED) is 0.385. The number of fused-ring (bicyclic) bond motifs is 1. The second kappa shape index (κ2) is 12.4. The lowest BCUT2D eigenvalue weighted by Gasteiger charge is -2.27. The average Bonchev–Trinajstić information content (AvgIpc) is 3.15. The van der Waals surface area contributed by atoms with E-state index in [1.54, 1.807) is 33.5 Å². The van der Waals surface area contributed by atoms with E-state index in [4.69, 9.17) is 9.72 Å². The highest BCUT2D eigenvalue weighted by Gasteiger charge is 2.27. The maximum atomic E-state index is 13.9. The van der Waals surface area contributed by atoms with Gasteiger partial charge in [0.05, 0.1) is 28.3 Å². The SMILES string of the molecule is Cc1cc(C)c2nc(N(CCCN3CCOCC3)C(=O)c3ccc(S(=O)(=O)N4CCCCCC4)cc3)sc2c1. The number of hydrogen-bond acceptors (Lipinski definition) is 7. The van der Waals surface area contributed by atoms with Crippen LogP contribution in [-0.2, 0) is 14.8 Å². The number of hydrogen-bond donors (Lipinski definition) is 0. The molecule has 10 heteroatoms. The molecule has 2 aliphatic heterocycles. The molecule has 0 N–H and O–H groups in total. The molecule has 210 valence electrons. The number of carbonyl (C=O) groups excluding carboxylic acids is 1. The Hall–Kier alpha value is -2.37. The van der Waals surface area contributed by atoms with Crippen LogP contribution < -0.4 is 4.90 Å². The lowest BCUT2D eigenvalue weighted by atomic mass is 10.1. The van der Waals surface area contributed by atoms with Gasteiger partial charge < -0.3 is 4.74 Å². The lowest BCUT2D eigenvalue weighted by Crippen LogP contribution is -2.39. The zero-order valence-electron chi connectivity index (χ0n) is 22.9. The maximum Gasteiger partial charge on any atom is 0.260 e. The number of nitrogens with zero attached hydrogens (tertiary/aromatic N) is 4. The number of aryl methyl sites for hydroxylation is 2. The minimum absolute atomic E-state index is 0.163. The van der Waals surface area contributed by atoms with Gasteiger partial charge in [-0.1, -0.05) is 30.2 Å². The molecule has 5 rings (SSSR count). The summed E-state index contributed by atoms with van der Waals surface area (Å²) in [7, 11) is -3.57. The van der Waals surface area contributed by atoms with Gasteiger partial charge in [0.1, 0.15) is 0 Å². The third kappa shape index (κ3) is 6.52. The van der Waals surface area contributed by atoms with E-state index in [1.807, 2.05) is 6.92 Å². The van der Waals surface area contributed by atoms with Gasteiger partial charge in [-0.2, -0.15) is 4.31 Å². The Kier molecular flexibility index (Phi) is 8.98. The van der Waals surface area contributed by atoms with Crippen molar-refractivity contribution in [2.45, 2.75) is 50.8 Å². The van der Waals surface area contributed by atoms with Crippen LogP contribution in [0.3, 0.4) is 0 Å². The highest BCUT2D eigenvalue weighted by Crippen LogP contribution is 2.33. The Bertz CT molecular complexity index is 1390. The molecule has 0 radical (unpaired) electrons. The molecule has 0 saturated carbocycles.